The minimum Gasteiger partial charge on any atom is -0.311 e. The second-order valence-electron chi connectivity index (χ2n) is 26.5. The van der Waals surface area contributed by atoms with Crippen LogP contribution in [0.1, 0.15) is 0 Å². The quantitative estimate of drug-likeness (QED) is 0.0845. The summed E-state index contributed by atoms with van der Waals surface area (Å²) >= 11 is 0. The molecule has 0 amide bonds. The van der Waals surface area contributed by atoms with Crippen LogP contribution >= 0.6 is 0 Å². The summed E-state index contributed by atoms with van der Waals surface area (Å²) in [5, 5.41) is 0. The first-order valence-corrected chi connectivity index (χ1v) is 35.7. The van der Waals surface area contributed by atoms with Gasteiger partial charge < -0.3 is 9.80 Å². The first-order chi connectivity index (χ1) is 51.5. The van der Waals surface area contributed by atoms with Gasteiger partial charge in [-0.05, 0) is 206 Å². The van der Waals surface area contributed by atoms with E-state index >= 15 is 0 Å². The standard InChI is InChI=1S/C102H72N2/c1-5-13-73(14-6-1)77-21-29-81(30-22-77)83-37-41-87(42-38-83)93-53-65-99(66-54-93)104(100-67-55-94(56-68-100)88-43-39-84(40-44-88)82-31-23-78(24-32-82)74-15-7-2-8-16-74)102-71-59-96(60-72-102)90-47-45-89(46-48-90)95-57-69-101(70-58-95)103(97-61-49-91(50-62-97)85-33-25-79(26-34-85)75-17-9-3-10-18-75)98-63-51-92(52-64-98)86-35-27-80(28-36-86)76-19-11-4-12-20-76/h1-72H. The van der Waals surface area contributed by atoms with Crippen molar-refractivity contribution in [1.29, 1.82) is 0 Å². The first-order valence-electron chi connectivity index (χ1n) is 35.7. The number of benzene rings is 17. The molecule has 0 saturated carbocycles. The third kappa shape index (κ3) is 13.9. The summed E-state index contributed by atoms with van der Waals surface area (Å²) in [7, 11) is 0. The highest BCUT2D eigenvalue weighted by Gasteiger charge is 2.18. The van der Waals surface area contributed by atoms with Crippen molar-refractivity contribution in [2.75, 3.05) is 9.80 Å². The van der Waals surface area contributed by atoms with Gasteiger partial charge in [-0.2, -0.15) is 0 Å². The maximum atomic E-state index is 2.36. The minimum atomic E-state index is 1.07. The molecule has 0 bridgehead atoms. The van der Waals surface area contributed by atoms with E-state index in [-0.39, 0.29) is 0 Å². The molecule has 0 unspecified atom stereocenters. The Hall–Kier alpha value is -13.7. The van der Waals surface area contributed by atoms with E-state index in [0.29, 0.717) is 0 Å². The number of hydrogen-bond acceptors (Lipinski definition) is 2. The second-order valence-corrected chi connectivity index (χ2v) is 26.5. The zero-order chi connectivity index (χ0) is 69.4. The molecule has 17 rings (SSSR count). The fourth-order valence-electron chi connectivity index (χ4n) is 14.2. The molecule has 0 fully saturated rings. The molecule has 0 atom stereocenters. The summed E-state index contributed by atoms with van der Waals surface area (Å²) in [6.07, 6.45) is 0. The van der Waals surface area contributed by atoms with Gasteiger partial charge in [-0.1, -0.05) is 364 Å². The zero-order valence-electron chi connectivity index (χ0n) is 57.5. The summed E-state index contributed by atoms with van der Waals surface area (Å²) < 4.78 is 0. The molecule has 0 aromatic heterocycles. The minimum absolute atomic E-state index is 1.07. The van der Waals surface area contributed by atoms with Crippen molar-refractivity contribution >= 4 is 34.1 Å². The predicted molar refractivity (Wildman–Crippen MR) is 441 cm³/mol. The Kier molecular flexibility index (Phi) is 17.9. The molecule has 0 aliphatic carbocycles. The Morgan fingerprint density at radius 3 is 0.250 bits per heavy atom. The van der Waals surface area contributed by atoms with Crippen molar-refractivity contribution in [1.82, 2.24) is 0 Å². The van der Waals surface area contributed by atoms with Gasteiger partial charge in [0.05, 0.1) is 0 Å². The molecule has 17 aromatic carbocycles. The van der Waals surface area contributed by atoms with Crippen LogP contribution < -0.4 is 9.80 Å². The van der Waals surface area contributed by atoms with Crippen molar-refractivity contribution in [3.63, 3.8) is 0 Å². The van der Waals surface area contributed by atoms with Gasteiger partial charge in [-0.25, -0.2) is 0 Å². The first kappa shape index (κ1) is 63.8. The number of hydrogen-bond donors (Lipinski definition) is 0. The van der Waals surface area contributed by atoms with Crippen molar-refractivity contribution in [2.24, 2.45) is 0 Å². The van der Waals surface area contributed by atoms with E-state index < -0.39 is 0 Å². The summed E-state index contributed by atoms with van der Waals surface area (Å²) in [6, 6.07) is 158. The maximum absolute atomic E-state index is 2.36. The van der Waals surface area contributed by atoms with Gasteiger partial charge in [0.25, 0.3) is 0 Å². The Labute approximate surface area is 610 Å². The lowest BCUT2D eigenvalue weighted by Crippen LogP contribution is -2.09. The smallest absolute Gasteiger partial charge is 0.0462 e. The Morgan fingerprint density at radius 1 is 0.0769 bits per heavy atom. The van der Waals surface area contributed by atoms with Crippen LogP contribution in [0, 0.1) is 0 Å². The van der Waals surface area contributed by atoms with Crippen LogP contribution in [0.15, 0.2) is 437 Å². The SMILES string of the molecule is c1ccc(-c2ccc(-c3ccc(-c4ccc(N(c5ccc(-c6ccc(-c7ccc(-c8ccccc8)cc7)cc6)cc5)c5ccc(-c6ccc(-c7ccc(N(c8ccc(-c9ccc(-c%10ccccc%10)cc9)cc8)c8ccc(-c9ccc(-c%10ccccc%10)cc9)cc8)cc7)cc6)cc5)cc4)cc3)cc2)cc1. The van der Waals surface area contributed by atoms with Crippen LogP contribution in [0.2, 0.25) is 0 Å². The molecule has 2 heteroatoms. The lowest BCUT2D eigenvalue weighted by molar-refractivity contribution is 1.28. The number of nitrogens with zero attached hydrogens (tertiary/aromatic N) is 2. The van der Waals surface area contributed by atoms with Gasteiger partial charge in [-0.3, -0.25) is 0 Å². The zero-order valence-corrected chi connectivity index (χ0v) is 57.5. The lowest BCUT2D eigenvalue weighted by atomic mass is 9.97. The summed E-state index contributed by atoms with van der Waals surface area (Å²) in [6.45, 7) is 0. The van der Waals surface area contributed by atoms with Gasteiger partial charge >= 0.3 is 0 Å². The van der Waals surface area contributed by atoms with Crippen molar-refractivity contribution in [3.05, 3.63) is 437 Å². The van der Waals surface area contributed by atoms with E-state index in [0.717, 1.165) is 67.5 Å². The topological polar surface area (TPSA) is 6.48 Å². The molecule has 0 aliphatic heterocycles. The highest BCUT2D eigenvalue weighted by atomic mass is 15.1. The van der Waals surface area contributed by atoms with Gasteiger partial charge in [0.1, 0.15) is 0 Å². The molecule has 490 valence electrons. The van der Waals surface area contributed by atoms with E-state index in [9.17, 15) is 0 Å². The lowest BCUT2D eigenvalue weighted by Gasteiger charge is -2.26. The maximum Gasteiger partial charge on any atom is 0.0462 e. The Balaban J connectivity index is 0.626. The highest BCUT2D eigenvalue weighted by Crippen LogP contribution is 2.42. The fourth-order valence-corrected chi connectivity index (χ4v) is 14.2. The van der Waals surface area contributed by atoms with Crippen LogP contribution in [-0.4, -0.2) is 0 Å². The summed E-state index contributed by atoms with van der Waals surface area (Å²) in [5.74, 6) is 0. The van der Waals surface area contributed by atoms with E-state index in [1.54, 1.807) is 0 Å². The molecule has 0 N–H and O–H groups in total. The normalized spacial score (nSPS) is 11.1. The average molecular weight is 1330 g/mol. The predicted octanol–water partition coefficient (Wildman–Crippen LogP) is 28.6. The van der Waals surface area contributed by atoms with E-state index in [1.165, 1.54) is 100 Å². The monoisotopic (exact) mass is 1320 g/mol. The molecule has 0 aliphatic rings. The van der Waals surface area contributed by atoms with Crippen LogP contribution in [-0.2, 0) is 0 Å². The highest BCUT2D eigenvalue weighted by molar-refractivity contribution is 5.86. The third-order valence-electron chi connectivity index (χ3n) is 20.0. The van der Waals surface area contributed by atoms with E-state index in [2.05, 4.69) is 447 Å². The van der Waals surface area contributed by atoms with Crippen LogP contribution in [0.25, 0.3) is 134 Å². The molecule has 0 spiro atoms. The Bertz CT molecular complexity index is 5360. The fraction of sp³-hybridized carbons (Fsp3) is 0. The van der Waals surface area contributed by atoms with Crippen molar-refractivity contribution in [2.45, 2.75) is 0 Å². The summed E-state index contributed by atoms with van der Waals surface area (Å²) in [4.78, 5) is 4.71. The van der Waals surface area contributed by atoms with E-state index in [1.807, 2.05) is 0 Å². The van der Waals surface area contributed by atoms with Crippen LogP contribution in [0.3, 0.4) is 0 Å². The van der Waals surface area contributed by atoms with Crippen LogP contribution in [0.5, 0.6) is 0 Å². The largest absolute Gasteiger partial charge is 0.311 e. The van der Waals surface area contributed by atoms with Gasteiger partial charge in [0.2, 0.25) is 0 Å². The molecule has 104 heavy (non-hydrogen) atoms. The second kappa shape index (κ2) is 29.3. The van der Waals surface area contributed by atoms with E-state index in [4.69, 9.17) is 0 Å². The molecule has 17 aromatic rings. The van der Waals surface area contributed by atoms with Gasteiger partial charge in [0, 0.05) is 34.1 Å². The van der Waals surface area contributed by atoms with Crippen molar-refractivity contribution < 1.29 is 0 Å². The molecule has 0 radical (unpaired) electrons. The van der Waals surface area contributed by atoms with Crippen molar-refractivity contribution in [3.8, 4) is 134 Å². The molecule has 0 heterocycles. The molecule has 2 nitrogen and oxygen atoms in total. The molecular formula is C102H72N2. The molecular weight excluding hydrogens is 1250 g/mol. The van der Waals surface area contributed by atoms with Crippen LogP contribution in [0.4, 0.5) is 34.1 Å². The average Bonchev–Trinajstić information content (AvgIpc) is 0.789. The molecule has 0 saturated heterocycles. The third-order valence-corrected chi connectivity index (χ3v) is 20.0. The van der Waals surface area contributed by atoms with Gasteiger partial charge in [-0.15, -0.1) is 0 Å². The summed E-state index contributed by atoms with van der Waals surface area (Å²) in [5.41, 5.74) is 34.9. The van der Waals surface area contributed by atoms with Gasteiger partial charge in [0.15, 0.2) is 0 Å². The Morgan fingerprint density at radius 2 is 0.154 bits per heavy atom. The number of anilines is 6. The number of rotatable bonds is 18.